The predicted molar refractivity (Wildman–Crippen MR) is 34.9 cm³/mol. The van der Waals surface area contributed by atoms with E-state index in [1.807, 2.05) is 0 Å². The van der Waals surface area contributed by atoms with Crippen LogP contribution >= 0.6 is 36.9 Å². The van der Waals surface area contributed by atoms with Gasteiger partial charge in [-0.15, -0.1) is 0 Å². The van der Waals surface area contributed by atoms with E-state index >= 15 is 0 Å². The van der Waals surface area contributed by atoms with E-state index in [0.29, 0.717) is 0 Å². The normalized spacial score (nSPS) is 5.50. The Hall–Kier alpha value is 2.27. The summed E-state index contributed by atoms with van der Waals surface area (Å²) in [5.74, 6) is 0. The average molecular weight is 450 g/mol. The second-order valence-electron chi connectivity index (χ2n) is 0.214. The first kappa shape index (κ1) is 11.1. The van der Waals surface area contributed by atoms with Gasteiger partial charge in [-0.25, -0.2) is 0 Å². The van der Waals surface area contributed by atoms with Gasteiger partial charge in [-0.2, -0.15) is 0 Å². The van der Waals surface area contributed by atoms with Crippen molar-refractivity contribution in [1.29, 1.82) is 0 Å². The molecule has 0 fully saturated rings. The summed E-state index contributed by atoms with van der Waals surface area (Å²) >= 11 is 8.73. The topological polar surface area (TPSA) is 20.2 Å². The first-order valence-electron chi connectivity index (χ1n) is 1.01. The van der Waals surface area contributed by atoms with Gasteiger partial charge < -0.3 is 5.11 Å². The second-order valence-corrected chi connectivity index (χ2v) is 47.4. The first-order valence-corrected chi connectivity index (χ1v) is 24.6. The second kappa shape index (κ2) is 10.3. The molecule has 0 aliphatic rings. The van der Waals surface area contributed by atoms with E-state index in [2.05, 4.69) is 36.9 Å². The maximum absolute atomic E-state index is 7.00. The van der Waals surface area contributed by atoms with Gasteiger partial charge in [0.05, 0.1) is 0 Å². The summed E-state index contributed by atoms with van der Waals surface area (Å²) in [5, 5.41) is 7.00. The van der Waals surface area contributed by atoms with Crippen LogP contribution in [0.1, 0.15) is 0 Å². The first-order chi connectivity index (χ1) is 2.73. The minimum absolute atomic E-state index is 1.00. The fourth-order valence-corrected chi connectivity index (χ4v) is 0. The molecule has 0 unspecified atom stereocenters. The molecule has 39 valence electrons. The van der Waals surface area contributed by atoms with Crippen LogP contribution in [0.4, 0.5) is 0 Å². The molecule has 0 aromatic carbocycles. The summed E-state index contributed by atoms with van der Waals surface area (Å²) < 4.78 is 0. The standard InChI is InChI=1S/CH4O.3BrH.Hf/c1-2;;;;/h2H,1H3;3*1H;/q;;;;+3/p-3. The Balaban J connectivity index is 0. The number of aliphatic hydroxyl groups is 1. The van der Waals surface area contributed by atoms with E-state index in [4.69, 9.17) is 5.11 Å². The summed E-state index contributed by atoms with van der Waals surface area (Å²) in [6.45, 7) is 0. The summed E-state index contributed by atoms with van der Waals surface area (Å²) in [4.78, 5) is 0. The molecule has 6 heavy (non-hydrogen) atoms. The van der Waals surface area contributed by atoms with Crippen LogP contribution in [0.15, 0.2) is 0 Å². The summed E-state index contributed by atoms with van der Waals surface area (Å²) in [5.41, 5.74) is 0. The molecule has 0 rings (SSSR count). The van der Waals surface area contributed by atoms with Crippen LogP contribution in [-0.4, -0.2) is 12.2 Å². The molecule has 0 saturated carbocycles. The summed E-state index contributed by atoms with van der Waals surface area (Å²) in [6, 6.07) is 0. The van der Waals surface area contributed by atoms with Gasteiger partial charge in [-0.3, -0.25) is 0 Å². The van der Waals surface area contributed by atoms with Gasteiger partial charge in [-0.05, 0) is 0 Å². The fourth-order valence-electron chi connectivity index (χ4n) is 0. The fraction of sp³-hybridized carbons (Fsp3) is 1.00. The molecule has 0 amide bonds. The van der Waals surface area contributed by atoms with E-state index in [1.165, 1.54) is 0 Å². The van der Waals surface area contributed by atoms with Gasteiger partial charge in [0, 0.05) is 7.11 Å². The number of aliphatic hydroxyl groups excluding tert-OH is 1. The van der Waals surface area contributed by atoms with Crippen LogP contribution < -0.4 is 0 Å². The van der Waals surface area contributed by atoms with Crippen LogP contribution in [-0.2, 0) is 14.4 Å². The molecule has 0 aromatic heterocycles. The Morgan fingerprint density at radius 3 is 1.17 bits per heavy atom. The molecule has 0 heterocycles. The third kappa shape index (κ3) is 33.8. The number of hydrogen-bond acceptors (Lipinski definition) is 1. The van der Waals surface area contributed by atoms with Crippen LogP contribution in [0.2, 0.25) is 0 Å². The molecule has 1 N–H and O–H groups in total. The van der Waals surface area contributed by atoms with E-state index in [1.54, 1.807) is 0 Å². The van der Waals surface area contributed by atoms with Crippen LogP contribution in [0.25, 0.3) is 0 Å². The monoisotopic (exact) mass is 449 g/mol. The zero-order chi connectivity index (χ0) is 5.58. The molecule has 0 aromatic rings. The predicted octanol–water partition coefficient (Wildman–Crippen LogP) is 2.14. The van der Waals surface area contributed by atoms with Crippen molar-refractivity contribution in [2.24, 2.45) is 0 Å². The maximum atomic E-state index is 7.00. The van der Waals surface area contributed by atoms with Crippen molar-refractivity contribution >= 4 is 36.9 Å². The van der Waals surface area contributed by atoms with Crippen molar-refractivity contribution in [3.05, 3.63) is 0 Å². The molecular weight excluding hydrogens is 446 g/mol. The Labute approximate surface area is 62.5 Å². The zero-order valence-corrected chi connectivity index (χ0v) is 11.4. The minimum atomic E-state index is -1.22. The molecule has 0 aliphatic carbocycles. The van der Waals surface area contributed by atoms with Gasteiger partial charge in [0.25, 0.3) is 0 Å². The van der Waals surface area contributed by atoms with Gasteiger partial charge in [0.1, 0.15) is 0 Å². The van der Waals surface area contributed by atoms with Gasteiger partial charge >= 0.3 is 51.3 Å². The van der Waals surface area contributed by atoms with Crippen molar-refractivity contribution in [3.63, 3.8) is 0 Å². The molecule has 0 atom stereocenters. The van der Waals surface area contributed by atoms with Crippen molar-refractivity contribution in [2.75, 3.05) is 7.11 Å². The number of halogens is 3. The van der Waals surface area contributed by atoms with Gasteiger partial charge in [-0.1, -0.05) is 0 Å². The summed E-state index contributed by atoms with van der Waals surface area (Å²) in [7, 11) is 1.00. The van der Waals surface area contributed by atoms with Crippen LogP contribution in [0.3, 0.4) is 0 Å². The SMILES string of the molecule is CO.[Br][Hf]([Br])[Br]. The molecule has 0 radical (unpaired) electrons. The molecule has 0 aliphatic heterocycles. The third-order valence-electron chi connectivity index (χ3n) is 0. The molecule has 0 spiro atoms. The van der Waals surface area contributed by atoms with Gasteiger partial charge in [0.2, 0.25) is 0 Å². The van der Waals surface area contributed by atoms with Crippen molar-refractivity contribution < 1.29 is 19.6 Å². The Morgan fingerprint density at radius 1 is 1.17 bits per heavy atom. The van der Waals surface area contributed by atoms with E-state index < -0.39 is 14.4 Å². The van der Waals surface area contributed by atoms with Gasteiger partial charge in [0.15, 0.2) is 0 Å². The van der Waals surface area contributed by atoms with E-state index in [-0.39, 0.29) is 0 Å². The van der Waals surface area contributed by atoms with Crippen molar-refractivity contribution in [1.82, 2.24) is 0 Å². The molecule has 1 nitrogen and oxygen atoms in total. The van der Waals surface area contributed by atoms with Crippen molar-refractivity contribution in [3.8, 4) is 0 Å². The van der Waals surface area contributed by atoms with Crippen LogP contribution in [0.5, 0.6) is 0 Å². The zero-order valence-electron chi connectivity index (χ0n) is 3.08. The molecule has 5 heteroatoms. The molecule has 0 saturated heterocycles. The Kier molecular flexibility index (Phi) is 19.1. The Bertz CT molecular complexity index is 15.5. The molecule has 0 bridgehead atoms. The van der Waals surface area contributed by atoms with E-state index in [0.717, 1.165) is 7.11 Å². The summed E-state index contributed by atoms with van der Waals surface area (Å²) in [6.07, 6.45) is 0. The van der Waals surface area contributed by atoms with Crippen molar-refractivity contribution in [2.45, 2.75) is 0 Å². The average Bonchev–Trinajstić information content (AvgIpc) is 1.41. The quantitative estimate of drug-likeness (QED) is 0.561. The Morgan fingerprint density at radius 2 is 1.17 bits per heavy atom. The number of hydrogen-bond donors (Lipinski definition) is 1. The third-order valence-corrected chi connectivity index (χ3v) is 0. The van der Waals surface area contributed by atoms with E-state index in [9.17, 15) is 0 Å². The number of rotatable bonds is 0. The molecular formula is CH4Br3HfO. The van der Waals surface area contributed by atoms with Crippen LogP contribution in [0, 0.1) is 0 Å².